The minimum atomic E-state index is -0.441. The average Bonchev–Trinajstić information content (AvgIpc) is 2.61. The van der Waals surface area contributed by atoms with Crippen molar-refractivity contribution in [2.24, 2.45) is 0 Å². The van der Waals surface area contributed by atoms with Crippen molar-refractivity contribution in [1.29, 1.82) is 0 Å². The molecule has 2 aromatic carbocycles. The maximum Gasteiger partial charge on any atom is 0.153 e. The summed E-state index contributed by atoms with van der Waals surface area (Å²) in [6, 6.07) is 13.8. The van der Waals surface area contributed by atoms with E-state index in [9.17, 15) is 9.18 Å². The van der Waals surface area contributed by atoms with Crippen LogP contribution >= 0.6 is 11.6 Å². The lowest BCUT2D eigenvalue weighted by Gasteiger charge is -2.11. The molecule has 0 fully saturated rings. The minimum Gasteiger partial charge on any atom is -0.488 e. The number of nitrogens with zero attached hydrogens (tertiary/aromatic N) is 1. The highest BCUT2D eigenvalue weighted by atomic mass is 35.5. The van der Waals surface area contributed by atoms with Gasteiger partial charge in [0, 0.05) is 16.8 Å². The van der Waals surface area contributed by atoms with Crippen molar-refractivity contribution in [3.63, 3.8) is 0 Å². The average molecular weight is 342 g/mol. The molecular formula is C19H13ClFNO2. The molecule has 0 N–H and O–H groups in total. The molecule has 3 rings (SSSR count). The molecule has 0 spiro atoms. The van der Waals surface area contributed by atoms with E-state index in [-0.39, 0.29) is 0 Å². The smallest absolute Gasteiger partial charge is 0.153 e. The zero-order valence-corrected chi connectivity index (χ0v) is 13.3. The number of halogens is 2. The maximum atomic E-state index is 13.8. The molecule has 0 amide bonds. The second-order valence-corrected chi connectivity index (χ2v) is 5.58. The van der Waals surface area contributed by atoms with Gasteiger partial charge in [-0.3, -0.25) is 9.78 Å². The van der Waals surface area contributed by atoms with Crippen LogP contribution in [0, 0.1) is 5.82 Å². The molecule has 1 aromatic heterocycles. The van der Waals surface area contributed by atoms with Gasteiger partial charge in [-0.1, -0.05) is 29.8 Å². The zero-order chi connectivity index (χ0) is 16.9. The van der Waals surface area contributed by atoms with Crippen LogP contribution in [0.1, 0.15) is 15.9 Å². The number of pyridine rings is 1. The predicted molar refractivity (Wildman–Crippen MR) is 90.8 cm³/mol. The Kier molecular flexibility index (Phi) is 4.87. The van der Waals surface area contributed by atoms with Crippen LogP contribution in [-0.4, -0.2) is 11.3 Å². The van der Waals surface area contributed by atoms with Crippen molar-refractivity contribution in [1.82, 2.24) is 4.98 Å². The standard InChI is InChI=1S/C19H13ClFNO2/c20-16-4-1-13(2-5-16)12-24-19-6-3-14(9-15(19)11-23)17-7-8-22-10-18(17)21/h1-11H,12H2. The van der Waals surface area contributed by atoms with E-state index < -0.39 is 5.82 Å². The van der Waals surface area contributed by atoms with Crippen molar-refractivity contribution in [2.45, 2.75) is 6.61 Å². The molecular weight excluding hydrogens is 329 g/mol. The van der Waals surface area contributed by atoms with Gasteiger partial charge in [0.2, 0.25) is 0 Å². The normalized spacial score (nSPS) is 10.4. The van der Waals surface area contributed by atoms with Gasteiger partial charge in [-0.05, 0) is 41.5 Å². The fraction of sp³-hybridized carbons (Fsp3) is 0.0526. The molecule has 0 unspecified atom stereocenters. The highest BCUT2D eigenvalue weighted by Crippen LogP contribution is 2.27. The van der Waals surface area contributed by atoms with E-state index in [1.807, 2.05) is 12.1 Å². The van der Waals surface area contributed by atoms with Crippen LogP contribution in [0.4, 0.5) is 4.39 Å². The minimum absolute atomic E-state index is 0.307. The lowest BCUT2D eigenvalue weighted by atomic mass is 10.0. The van der Waals surface area contributed by atoms with Crippen molar-refractivity contribution in [2.75, 3.05) is 0 Å². The van der Waals surface area contributed by atoms with E-state index in [0.29, 0.717) is 40.4 Å². The van der Waals surface area contributed by atoms with Crippen molar-refractivity contribution in [3.05, 3.63) is 82.9 Å². The molecule has 0 radical (unpaired) electrons. The van der Waals surface area contributed by atoms with Crippen molar-refractivity contribution in [3.8, 4) is 16.9 Å². The van der Waals surface area contributed by atoms with Gasteiger partial charge in [0.25, 0.3) is 0 Å². The van der Waals surface area contributed by atoms with Gasteiger partial charge in [-0.25, -0.2) is 4.39 Å². The molecule has 0 bridgehead atoms. The Labute approximate surface area is 143 Å². The lowest BCUT2D eigenvalue weighted by molar-refractivity contribution is 0.111. The van der Waals surface area contributed by atoms with Crippen LogP contribution in [0.2, 0.25) is 5.02 Å². The van der Waals surface area contributed by atoms with Gasteiger partial charge in [0.05, 0.1) is 11.8 Å². The van der Waals surface area contributed by atoms with Crippen molar-refractivity contribution < 1.29 is 13.9 Å². The fourth-order valence-electron chi connectivity index (χ4n) is 2.29. The summed E-state index contributed by atoms with van der Waals surface area (Å²) in [5, 5.41) is 0.649. The van der Waals surface area contributed by atoms with Gasteiger partial charge in [0.1, 0.15) is 18.2 Å². The monoisotopic (exact) mass is 341 g/mol. The summed E-state index contributed by atoms with van der Waals surface area (Å²) in [4.78, 5) is 15.1. The van der Waals surface area contributed by atoms with Crippen LogP contribution in [0.15, 0.2) is 60.9 Å². The summed E-state index contributed by atoms with van der Waals surface area (Å²) in [5.41, 5.74) is 2.27. The number of hydrogen-bond acceptors (Lipinski definition) is 3. The molecule has 24 heavy (non-hydrogen) atoms. The first-order valence-electron chi connectivity index (χ1n) is 7.24. The molecule has 1 heterocycles. The van der Waals surface area contributed by atoms with E-state index in [0.717, 1.165) is 11.8 Å². The Morgan fingerprint density at radius 1 is 1.12 bits per heavy atom. The number of benzene rings is 2. The molecule has 5 heteroatoms. The number of carbonyl (C=O) groups is 1. The molecule has 3 nitrogen and oxygen atoms in total. The van der Waals surface area contributed by atoms with Gasteiger partial charge >= 0.3 is 0 Å². The summed E-state index contributed by atoms with van der Waals surface area (Å²) in [7, 11) is 0. The van der Waals surface area contributed by atoms with Crippen LogP contribution in [0.25, 0.3) is 11.1 Å². The molecule has 0 aliphatic heterocycles. The number of rotatable bonds is 5. The number of aldehydes is 1. The third-order valence-corrected chi connectivity index (χ3v) is 3.78. The SMILES string of the molecule is O=Cc1cc(-c2ccncc2F)ccc1OCc1ccc(Cl)cc1. The van der Waals surface area contributed by atoms with Gasteiger partial charge in [0.15, 0.2) is 6.29 Å². The number of ether oxygens (including phenoxy) is 1. The fourth-order valence-corrected chi connectivity index (χ4v) is 2.42. The Morgan fingerprint density at radius 2 is 1.92 bits per heavy atom. The molecule has 0 saturated carbocycles. The van der Waals surface area contributed by atoms with Crippen molar-refractivity contribution >= 4 is 17.9 Å². The molecule has 0 atom stereocenters. The largest absolute Gasteiger partial charge is 0.488 e. The first-order valence-corrected chi connectivity index (χ1v) is 7.61. The summed E-state index contributed by atoms with van der Waals surface area (Å²) in [6.45, 7) is 0.307. The predicted octanol–water partition coefficient (Wildman–Crippen LogP) is 4.93. The third kappa shape index (κ3) is 3.60. The Hall–Kier alpha value is -2.72. The second-order valence-electron chi connectivity index (χ2n) is 5.14. The summed E-state index contributed by atoms with van der Waals surface area (Å²) < 4.78 is 19.5. The Morgan fingerprint density at radius 3 is 2.62 bits per heavy atom. The van der Waals surface area contributed by atoms with E-state index in [2.05, 4.69) is 4.98 Å². The lowest BCUT2D eigenvalue weighted by Crippen LogP contribution is -1.99. The van der Waals surface area contributed by atoms with E-state index in [4.69, 9.17) is 16.3 Å². The zero-order valence-electron chi connectivity index (χ0n) is 12.6. The highest BCUT2D eigenvalue weighted by molar-refractivity contribution is 6.30. The number of carbonyl (C=O) groups excluding carboxylic acids is 1. The summed E-state index contributed by atoms with van der Waals surface area (Å²) >= 11 is 5.84. The molecule has 0 aliphatic carbocycles. The molecule has 120 valence electrons. The second kappa shape index (κ2) is 7.23. The quantitative estimate of drug-likeness (QED) is 0.617. The van der Waals surface area contributed by atoms with Crippen LogP contribution in [0.5, 0.6) is 5.75 Å². The van der Waals surface area contributed by atoms with Gasteiger partial charge in [-0.2, -0.15) is 0 Å². The Bertz CT molecular complexity index is 865. The summed E-state index contributed by atoms with van der Waals surface area (Å²) in [5.74, 6) is 0.00217. The Balaban J connectivity index is 1.83. The van der Waals surface area contributed by atoms with E-state index in [1.54, 1.807) is 36.4 Å². The maximum absolute atomic E-state index is 13.8. The topological polar surface area (TPSA) is 39.2 Å². The van der Waals surface area contributed by atoms with Gasteiger partial charge < -0.3 is 4.74 Å². The first-order chi connectivity index (χ1) is 11.7. The van der Waals surface area contributed by atoms with E-state index >= 15 is 0 Å². The number of hydrogen-bond donors (Lipinski definition) is 0. The summed E-state index contributed by atoms with van der Waals surface area (Å²) in [6.07, 6.45) is 3.34. The highest BCUT2D eigenvalue weighted by Gasteiger charge is 2.09. The molecule has 0 saturated heterocycles. The van der Waals surface area contributed by atoms with Crippen LogP contribution in [-0.2, 0) is 6.61 Å². The molecule has 3 aromatic rings. The van der Waals surface area contributed by atoms with Gasteiger partial charge in [-0.15, -0.1) is 0 Å². The first kappa shape index (κ1) is 16.1. The van der Waals surface area contributed by atoms with Crippen LogP contribution < -0.4 is 4.74 Å². The third-order valence-electron chi connectivity index (χ3n) is 3.53. The number of aromatic nitrogens is 1. The molecule has 0 aliphatic rings. The van der Waals surface area contributed by atoms with Crippen LogP contribution in [0.3, 0.4) is 0 Å². The van der Waals surface area contributed by atoms with E-state index in [1.165, 1.54) is 6.20 Å².